The van der Waals surface area contributed by atoms with Gasteiger partial charge in [-0.25, -0.2) is 9.78 Å². The fourth-order valence-corrected chi connectivity index (χ4v) is 2.23. The minimum absolute atomic E-state index is 0.273. The number of imidazole rings is 1. The Morgan fingerprint density at radius 3 is 2.70 bits per heavy atom. The van der Waals surface area contributed by atoms with Crippen molar-refractivity contribution in [1.29, 1.82) is 0 Å². The summed E-state index contributed by atoms with van der Waals surface area (Å²) in [6.45, 7) is 4.22. The molecule has 0 amide bonds. The average Bonchev–Trinajstić information content (AvgIpc) is 2.75. The van der Waals surface area contributed by atoms with E-state index >= 15 is 0 Å². The maximum atomic E-state index is 11.6. The van der Waals surface area contributed by atoms with E-state index in [1.54, 1.807) is 31.8 Å². The summed E-state index contributed by atoms with van der Waals surface area (Å²) in [7, 11) is 1.61. The van der Waals surface area contributed by atoms with Crippen molar-refractivity contribution < 1.29 is 5.11 Å². The van der Waals surface area contributed by atoms with Gasteiger partial charge in [0, 0.05) is 13.6 Å². The third kappa shape index (κ3) is 2.98. The Morgan fingerprint density at radius 2 is 2.05 bits per heavy atom. The lowest BCUT2D eigenvalue weighted by Gasteiger charge is -2.16. The summed E-state index contributed by atoms with van der Waals surface area (Å²) < 4.78 is 3.19. The van der Waals surface area contributed by atoms with E-state index in [-0.39, 0.29) is 5.52 Å². The summed E-state index contributed by atoms with van der Waals surface area (Å²) in [6.07, 6.45) is 3.99. The smallest absolute Gasteiger partial charge is 0.329 e. The van der Waals surface area contributed by atoms with Gasteiger partial charge in [0.25, 0.3) is 5.56 Å². The van der Waals surface area contributed by atoms with E-state index in [2.05, 4.69) is 9.97 Å². The molecule has 0 atom stereocenters. The van der Waals surface area contributed by atoms with Crippen LogP contribution in [0, 0.1) is 0 Å². The Balaban J connectivity index is 2.20. The van der Waals surface area contributed by atoms with Gasteiger partial charge >= 0.3 is 5.69 Å². The molecular formula is C13H20N4O3. The Hall–Kier alpha value is -1.89. The number of unbranched alkanes of at least 4 members (excludes halogenated alkanes) is 1. The Kier molecular flexibility index (Phi) is 3.80. The van der Waals surface area contributed by atoms with E-state index in [4.69, 9.17) is 0 Å². The van der Waals surface area contributed by atoms with E-state index in [0.717, 1.165) is 12.8 Å². The van der Waals surface area contributed by atoms with Crippen LogP contribution >= 0.6 is 0 Å². The van der Waals surface area contributed by atoms with Crippen LogP contribution in [0.4, 0.5) is 0 Å². The van der Waals surface area contributed by atoms with E-state index in [1.165, 1.54) is 4.57 Å². The molecule has 0 aliphatic heterocycles. The highest BCUT2D eigenvalue weighted by atomic mass is 16.3. The van der Waals surface area contributed by atoms with Crippen molar-refractivity contribution in [3.8, 4) is 0 Å². The highest BCUT2D eigenvalue weighted by Crippen LogP contribution is 2.13. The molecule has 0 fully saturated rings. The highest BCUT2D eigenvalue weighted by Gasteiger charge is 2.13. The number of nitrogens with one attached hydrogen (secondary N) is 1. The molecule has 0 saturated carbocycles. The number of hydrogen-bond acceptors (Lipinski definition) is 4. The number of H-pyrrole nitrogens is 1. The molecule has 110 valence electrons. The van der Waals surface area contributed by atoms with Gasteiger partial charge in [-0.05, 0) is 33.1 Å². The summed E-state index contributed by atoms with van der Waals surface area (Å²) in [5.41, 5.74) is -0.767. The zero-order valence-corrected chi connectivity index (χ0v) is 12.0. The lowest BCUT2D eigenvalue weighted by atomic mass is 10.0. The molecular weight excluding hydrogens is 260 g/mol. The fraction of sp³-hybridized carbons (Fsp3) is 0.615. The van der Waals surface area contributed by atoms with Crippen molar-refractivity contribution >= 4 is 11.2 Å². The number of aryl methyl sites for hydroxylation is 2. The van der Waals surface area contributed by atoms with Gasteiger partial charge in [0.1, 0.15) is 5.65 Å². The summed E-state index contributed by atoms with van der Waals surface area (Å²) in [5, 5.41) is 9.65. The number of rotatable bonds is 5. The van der Waals surface area contributed by atoms with Gasteiger partial charge in [0.15, 0.2) is 5.52 Å². The number of nitrogens with zero attached hydrogens (tertiary/aromatic N) is 3. The lowest BCUT2D eigenvalue weighted by Crippen LogP contribution is -2.29. The molecule has 2 aromatic heterocycles. The van der Waals surface area contributed by atoms with Gasteiger partial charge in [-0.1, -0.05) is 0 Å². The van der Waals surface area contributed by atoms with Crippen LogP contribution < -0.4 is 11.2 Å². The van der Waals surface area contributed by atoms with E-state index in [9.17, 15) is 14.7 Å². The molecule has 2 aromatic rings. The van der Waals surface area contributed by atoms with Gasteiger partial charge in [-0.3, -0.25) is 14.3 Å². The maximum Gasteiger partial charge on any atom is 0.329 e. The maximum absolute atomic E-state index is 11.6. The van der Waals surface area contributed by atoms with E-state index < -0.39 is 16.9 Å². The van der Waals surface area contributed by atoms with Crippen LogP contribution in [0.3, 0.4) is 0 Å². The van der Waals surface area contributed by atoms with E-state index in [1.807, 2.05) is 0 Å². The molecule has 0 radical (unpaired) electrons. The zero-order valence-electron chi connectivity index (χ0n) is 12.0. The molecule has 20 heavy (non-hydrogen) atoms. The number of aromatic nitrogens is 4. The summed E-state index contributed by atoms with van der Waals surface area (Å²) in [6, 6.07) is 0. The quantitative estimate of drug-likeness (QED) is 0.774. The zero-order chi connectivity index (χ0) is 14.9. The molecule has 0 spiro atoms. The van der Waals surface area contributed by atoms with Crippen LogP contribution in [0.1, 0.15) is 33.1 Å². The number of aromatic amines is 1. The van der Waals surface area contributed by atoms with Crippen LogP contribution in [-0.4, -0.2) is 29.8 Å². The number of fused-ring (bicyclic) bond motifs is 1. The molecule has 0 aromatic carbocycles. The monoisotopic (exact) mass is 280 g/mol. The molecule has 0 bridgehead atoms. The molecule has 2 heterocycles. The second-order valence-electron chi connectivity index (χ2n) is 5.70. The molecule has 0 aliphatic carbocycles. The fourth-order valence-electron chi connectivity index (χ4n) is 2.23. The molecule has 0 saturated heterocycles. The van der Waals surface area contributed by atoms with Crippen molar-refractivity contribution in [2.24, 2.45) is 7.05 Å². The standard InChI is InChI=1S/C13H20N4O3/c1-13(2,20)6-4-5-7-17-8-14-9-10(18)15-12(19)16(3)11(9)17/h8,20H,4-7H2,1-3H3,(H,15,18,19). The van der Waals surface area contributed by atoms with Crippen LogP contribution in [0.15, 0.2) is 15.9 Å². The third-order valence-electron chi connectivity index (χ3n) is 3.31. The van der Waals surface area contributed by atoms with Crippen LogP contribution in [0.5, 0.6) is 0 Å². The highest BCUT2D eigenvalue weighted by molar-refractivity contribution is 5.69. The van der Waals surface area contributed by atoms with Gasteiger partial charge in [-0.15, -0.1) is 0 Å². The molecule has 7 heteroatoms. The molecule has 2 rings (SSSR count). The average molecular weight is 280 g/mol. The van der Waals surface area contributed by atoms with Gasteiger partial charge in [0.05, 0.1) is 11.9 Å². The van der Waals surface area contributed by atoms with E-state index in [0.29, 0.717) is 18.6 Å². The normalized spacial score (nSPS) is 12.2. The summed E-state index contributed by atoms with van der Waals surface area (Å²) in [4.78, 5) is 29.5. The van der Waals surface area contributed by atoms with Crippen molar-refractivity contribution in [3.05, 3.63) is 27.2 Å². The van der Waals surface area contributed by atoms with Crippen LogP contribution in [-0.2, 0) is 13.6 Å². The predicted octanol–water partition coefficient (Wildman–Crippen LogP) is 0.364. The lowest BCUT2D eigenvalue weighted by molar-refractivity contribution is 0.0679. The molecule has 0 unspecified atom stereocenters. The predicted molar refractivity (Wildman–Crippen MR) is 75.7 cm³/mol. The number of aliphatic hydroxyl groups is 1. The second-order valence-corrected chi connectivity index (χ2v) is 5.70. The Morgan fingerprint density at radius 1 is 1.35 bits per heavy atom. The number of hydrogen-bond donors (Lipinski definition) is 2. The second kappa shape index (κ2) is 5.24. The largest absolute Gasteiger partial charge is 0.390 e. The summed E-state index contributed by atoms with van der Waals surface area (Å²) >= 11 is 0. The van der Waals surface area contributed by atoms with Gasteiger partial charge in [-0.2, -0.15) is 0 Å². The van der Waals surface area contributed by atoms with Gasteiger partial charge < -0.3 is 9.67 Å². The minimum Gasteiger partial charge on any atom is -0.390 e. The Labute approximate surface area is 115 Å². The minimum atomic E-state index is -0.666. The third-order valence-corrected chi connectivity index (χ3v) is 3.31. The first-order valence-electron chi connectivity index (χ1n) is 6.66. The van der Waals surface area contributed by atoms with Gasteiger partial charge in [0.2, 0.25) is 0 Å². The Bertz CT molecular complexity index is 718. The van der Waals surface area contributed by atoms with Crippen LogP contribution in [0.2, 0.25) is 0 Å². The summed E-state index contributed by atoms with van der Waals surface area (Å²) in [5.74, 6) is 0. The molecule has 2 N–H and O–H groups in total. The first kappa shape index (κ1) is 14.5. The SMILES string of the molecule is Cn1c(=O)[nH]c(=O)c2ncn(CCCCC(C)(C)O)c21. The topological polar surface area (TPSA) is 92.9 Å². The van der Waals surface area contributed by atoms with Crippen molar-refractivity contribution in [3.63, 3.8) is 0 Å². The van der Waals surface area contributed by atoms with Crippen molar-refractivity contribution in [2.75, 3.05) is 0 Å². The first-order chi connectivity index (χ1) is 9.29. The molecule has 7 nitrogen and oxygen atoms in total. The van der Waals surface area contributed by atoms with Crippen molar-refractivity contribution in [2.45, 2.75) is 45.3 Å². The van der Waals surface area contributed by atoms with Crippen LogP contribution in [0.25, 0.3) is 11.2 Å². The first-order valence-corrected chi connectivity index (χ1v) is 6.66. The molecule has 0 aliphatic rings. The van der Waals surface area contributed by atoms with Crippen molar-refractivity contribution in [1.82, 2.24) is 19.1 Å².